The summed E-state index contributed by atoms with van der Waals surface area (Å²) >= 11 is 0. The molecule has 0 amide bonds. The molecule has 100 valence electrons. The van der Waals surface area contributed by atoms with E-state index in [-0.39, 0.29) is 5.41 Å². The van der Waals surface area contributed by atoms with E-state index in [0.29, 0.717) is 11.9 Å². The summed E-state index contributed by atoms with van der Waals surface area (Å²) in [7, 11) is 0. The summed E-state index contributed by atoms with van der Waals surface area (Å²) in [5, 5.41) is 7.33. The lowest BCUT2D eigenvalue weighted by atomic mass is 9.95. The van der Waals surface area contributed by atoms with Gasteiger partial charge < -0.3 is 9.84 Å². The average molecular weight is 257 g/mol. The first-order valence-corrected chi connectivity index (χ1v) is 6.84. The highest BCUT2D eigenvalue weighted by atomic mass is 16.5. The predicted octanol–water partition coefficient (Wildman–Crippen LogP) is 3.22. The van der Waals surface area contributed by atoms with E-state index in [9.17, 15) is 0 Å². The summed E-state index contributed by atoms with van der Waals surface area (Å²) in [6.07, 6.45) is 2.19. The molecule has 1 aromatic carbocycles. The first-order chi connectivity index (χ1) is 9.21. The fourth-order valence-electron chi connectivity index (χ4n) is 2.30. The molecule has 0 bridgehead atoms. The molecule has 0 aliphatic heterocycles. The fourth-order valence-corrected chi connectivity index (χ4v) is 2.30. The molecule has 1 N–H and O–H groups in total. The van der Waals surface area contributed by atoms with Crippen molar-refractivity contribution in [2.45, 2.75) is 32.1 Å². The van der Waals surface area contributed by atoms with E-state index in [1.165, 1.54) is 5.56 Å². The molecule has 0 unspecified atom stereocenters. The summed E-state index contributed by atoms with van der Waals surface area (Å²) in [5.41, 5.74) is 1.27. The summed E-state index contributed by atoms with van der Waals surface area (Å²) < 4.78 is 5.29. The van der Waals surface area contributed by atoms with Gasteiger partial charge in [-0.3, -0.25) is 0 Å². The van der Waals surface area contributed by atoms with Crippen molar-refractivity contribution in [3.8, 4) is 0 Å². The monoisotopic (exact) mass is 257 g/mol. The van der Waals surface area contributed by atoms with E-state index in [1.54, 1.807) is 0 Å². The van der Waals surface area contributed by atoms with E-state index in [4.69, 9.17) is 4.52 Å². The molecule has 1 aliphatic carbocycles. The molecule has 3 rings (SSSR count). The largest absolute Gasteiger partial charge is 0.337 e. The molecular formula is C15H19N3O. The van der Waals surface area contributed by atoms with Crippen LogP contribution in [0.5, 0.6) is 0 Å². The predicted molar refractivity (Wildman–Crippen MR) is 74.1 cm³/mol. The van der Waals surface area contributed by atoms with Crippen molar-refractivity contribution in [1.82, 2.24) is 10.1 Å². The molecular weight excluding hydrogens is 238 g/mol. The number of nitrogens with zero attached hydrogens (tertiary/aromatic N) is 2. The minimum atomic E-state index is -0.0114. The zero-order chi connectivity index (χ0) is 13.3. The Hall–Kier alpha value is -1.84. The Bertz CT molecular complexity index is 544. The van der Waals surface area contributed by atoms with Crippen LogP contribution in [0, 0.1) is 5.92 Å². The second-order valence-electron chi connectivity index (χ2n) is 5.65. The normalized spacial score (nSPS) is 16.6. The van der Waals surface area contributed by atoms with Gasteiger partial charge in [0.05, 0.1) is 5.41 Å². The number of benzene rings is 1. The van der Waals surface area contributed by atoms with E-state index < -0.39 is 0 Å². The van der Waals surface area contributed by atoms with Gasteiger partial charge in [-0.15, -0.1) is 0 Å². The molecule has 0 radical (unpaired) electrons. The van der Waals surface area contributed by atoms with Gasteiger partial charge in [-0.2, -0.15) is 4.98 Å². The quantitative estimate of drug-likeness (QED) is 0.893. The van der Waals surface area contributed by atoms with Gasteiger partial charge in [0.15, 0.2) is 5.82 Å². The third-order valence-corrected chi connectivity index (χ3v) is 3.59. The summed E-state index contributed by atoms with van der Waals surface area (Å²) in [5.74, 6) is 1.37. The summed E-state index contributed by atoms with van der Waals surface area (Å²) in [4.78, 5) is 4.50. The standard InChI is InChI=1S/C15H19N3O/c1-11(2)10-16-14-17-13(18-19-14)15(8-9-15)12-6-4-3-5-7-12/h3-7,11H,8-10H2,1-2H3,(H,16,17,18). The maximum absolute atomic E-state index is 5.29. The number of hydrogen-bond acceptors (Lipinski definition) is 4. The SMILES string of the molecule is CC(C)CNc1nc(C2(c3ccccc3)CC2)no1. The van der Waals surface area contributed by atoms with Gasteiger partial charge >= 0.3 is 6.01 Å². The molecule has 19 heavy (non-hydrogen) atoms. The van der Waals surface area contributed by atoms with Crippen LogP contribution in [0.1, 0.15) is 38.1 Å². The van der Waals surface area contributed by atoms with Crippen molar-refractivity contribution in [3.05, 3.63) is 41.7 Å². The van der Waals surface area contributed by atoms with Crippen LogP contribution in [0.2, 0.25) is 0 Å². The molecule has 0 atom stereocenters. The van der Waals surface area contributed by atoms with Crippen LogP contribution in [0.15, 0.2) is 34.9 Å². The van der Waals surface area contributed by atoms with E-state index in [0.717, 1.165) is 25.2 Å². The molecule has 0 spiro atoms. The van der Waals surface area contributed by atoms with Gasteiger partial charge in [0, 0.05) is 6.54 Å². The molecule has 1 heterocycles. The number of anilines is 1. The topological polar surface area (TPSA) is 51.0 Å². The molecule has 1 aliphatic rings. The Morgan fingerprint density at radius 1 is 1.26 bits per heavy atom. The summed E-state index contributed by atoms with van der Waals surface area (Å²) in [6.45, 7) is 5.15. The van der Waals surface area contributed by atoms with Crippen molar-refractivity contribution < 1.29 is 4.52 Å². The lowest BCUT2D eigenvalue weighted by molar-refractivity contribution is 0.416. The van der Waals surface area contributed by atoms with Crippen LogP contribution in [-0.2, 0) is 5.41 Å². The Morgan fingerprint density at radius 3 is 2.63 bits per heavy atom. The third kappa shape index (κ3) is 2.35. The van der Waals surface area contributed by atoms with Gasteiger partial charge in [0.2, 0.25) is 0 Å². The molecule has 1 aromatic heterocycles. The smallest absolute Gasteiger partial charge is 0.321 e. The minimum Gasteiger partial charge on any atom is -0.337 e. The minimum absolute atomic E-state index is 0.0114. The Kier molecular flexibility index (Phi) is 3.01. The zero-order valence-corrected chi connectivity index (χ0v) is 11.4. The molecule has 2 aromatic rings. The van der Waals surface area contributed by atoms with Crippen LogP contribution < -0.4 is 5.32 Å². The average Bonchev–Trinajstić information content (AvgIpc) is 3.10. The van der Waals surface area contributed by atoms with Crippen LogP contribution in [0.25, 0.3) is 0 Å². The van der Waals surface area contributed by atoms with Crippen molar-refractivity contribution in [2.24, 2.45) is 5.92 Å². The van der Waals surface area contributed by atoms with Crippen molar-refractivity contribution in [1.29, 1.82) is 0 Å². The van der Waals surface area contributed by atoms with Gasteiger partial charge in [-0.1, -0.05) is 49.3 Å². The maximum atomic E-state index is 5.29. The van der Waals surface area contributed by atoms with Gasteiger partial charge in [-0.05, 0) is 24.3 Å². The van der Waals surface area contributed by atoms with Crippen LogP contribution in [0.3, 0.4) is 0 Å². The zero-order valence-electron chi connectivity index (χ0n) is 11.4. The molecule has 4 heteroatoms. The lowest BCUT2D eigenvalue weighted by Gasteiger charge is -2.10. The Labute approximate surface area is 113 Å². The van der Waals surface area contributed by atoms with Crippen molar-refractivity contribution >= 4 is 6.01 Å². The van der Waals surface area contributed by atoms with Gasteiger partial charge in [0.1, 0.15) is 0 Å². The second kappa shape index (κ2) is 4.68. The molecule has 0 saturated heterocycles. The first kappa shape index (κ1) is 12.2. The molecule has 1 fully saturated rings. The summed E-state index contributed by atoms with van der Waals surface area (Å²) in [6, 6.07) is 11.0. The van der Waals surface area contributed by atoms with Crippen molar-refractivity contribution in [2.75, 3.05) is 11.9 Å². The van der Waals surface area contributed by atoms with Crippen LogP contribution >= 0.6 is 0 Å². The number of rotatable bonds is 5. The highest BCUT2D eigenvalue weighted by Gasteiger charge is 2.49. The van der Waals surface area contributed by atoms with Gasteiger partial charge in [-0.25, -0.2) is 0 Å². The molecule has 1 saturated carbocycles. The van der Waals surface area contributed by atoms with Crippen molar-refractivity contribution in [3.63, 3.8) is 0 Å². The highest BCUT2D eigenvalue weighted by molar-refractivity contribution is 5.40. The van der Waals surface area contributed by atoms with E-state index >= 15 is 0 Å². The van der Waals surface area contributed by atoms with Gasteiger partial charge in [0.25, 0.3) is 0 Å². The van der Waals surface area contributed by atoms with E-state index in [1.807, 2.05) is 6.07 Å². The first-order valence-electron chi connectivity index (χ1n) is 6.84. The third-order valence-electron chi connectivity index (χ3n) is 3.59. The lowest BCUT2D eigenvalue weighted by Crippen LogP contribution is -2.11. The fraction of sp³-hybridized carbons (Fsp3) is 0.467. The Morgan fingerprint density at radius 2 is 2.00 bits per heavy atom. The number of nitrogens with one attached hydrogen (secondary N) is 1. The highest BCUT2D eigenvalue weighted by Crippen LogP contribution is 2.52. The Balaban J connectivity index is 1.79. The van der Waals surface area contributed by atoms with E-state index in [2.05, 4.69) is 53.6 Å². The molecule has 4 nitrogen and oxygen atoms in total. The second-order valence-corrected chi connectivity index (χ2v) is 5.65. The van der Waals surface area contributed by atoms with Crippen LogP contribution in [0.4, 0.5) is 6.01 Å². The van der Waals surface area contributed by atoms with Crippen LogP contribution in [-0.4, -0.2) is 16.7 Å². The number of hydrogen-bond donors (Lipinski definition) is 1. The number of aromatic nitrogens is 2. The maximum Gasteiger partial charge on any atom is 0.321 e.